The monoisotopic (exact) mass is 262 g/mol. The molecule has 0 saturated carbocycles. The van der Waals surface area contributed by atoms with Gasteiger partial charge >= 0.3 is 5.97 Å². The number of benzene rings is 1. The van der Waals surface area contributed by atoms with E-state index < -0.39 is 11.4 Å². The molecule has 1 N–H and O–H groups in total. The van der Waals surface area contributed by atoms with E-state index in [0.29, 0.717) is 26.1 Å². The minimum Gasteiger partial charge on any atom is -0.481 e. The van der Waals surface area contributed by atoms with Crippen molar-refractivity contribution in [2.24, 2.45) is 11.3 Å². The van der Waals surface area contributed by atoms with Crippen LogP contribution in [0, 0.1) is 11.3 Å². The van der Waals surface area contributed by atoms with E-state index in [1.54, 1.807) is 0 Å². The van der Waals surface area contributed by atoms with Crippen molar-refractivity contribution in [2.75, 3.05) is 13.2 Å². The lowest BCUT2D eigenvalue weighted by atomic mass is 9.63. The predicted octanol–water partition coefficient (Wildman–Crippen LogP) is 3.31. The van der Waals surface area contributed by atoms with Crippen molar-refractivity contribution >= 4 is 5.97 Å². The van der Waals surface area contributed by atoms with Crippen LogP contribution in [0.1, 0.15) is 38.2 Å². The molecule has 0 bridgehead atoms. The Bertz CT molecular complexity index is 419. The van der Waals surface area contributed by atoms with Gasteiger partial charge < -0.3 is 9.84 Å². The van der Waals surface area contributed by atoms with E-state index in [9.17, 15) is 9.90 Å². The van der Waals surface area contributed by atoms with Gasteiger partial charge in [0, 0.05) is 19.1 Å². The summed E-state index contributed by atoms with van der Waals surface area (Å²) in [5.41, 5.74) is 0.440. The second-order valence-electron chi connectivity index (χ2n) is 5.71. The molecule has 0 spiro atoms. The highest BCUT2D eigenvalue weighted by molar-refractivity contribution is 5.76. The molecule has 104 valence electrons. The Hall–Kier alpha value is -1.35. The van der Waals surface area contributed by atoms with Crippen molar-refractivity contribution in [3.8, 4) is 0 Å². The van der Waals surface area contributed by atoms with E-state index in [0.717, 1.165) is 5.56 Å². The summed E-state index contributed by atoms with van der Waals surface area (Å²) in [5, 5.41) is 9.81. The van der Waals surface area contributed by atoms with Crippen LogP contribution in [0.25, 0.3) is 0 Å². The lowest BCUT2D eigenvalue weighted by molar-refractivity contribution is -0.158. The second-order valence-corrected chi connectivity index (χ2v) is 5.71. The van der Waals surface area contributed by atoms with E-state index >= 15 is 0 Å². The maximum absolute atomic E-state index is 11.9. The summed E-state index contributed by atoms with van der Waals surface area (Å²) in [4.78, 5) is 11.9. The SMILES string of the molecule is CC(C)C(c1ccccc1)C1(C(=O)O)CCOCC1. The molecule has 2 rings (SSSR count). The summed E-state index contributed by atoms with van der Waals surface area (Å²) < 4.78 is 5.38. The highest BCUT2D eigenvalue weighted by Gasteiger charge is 2.48. The maximum atomic E-state index is 11.9. The van der Waals surface area contributed by atoms with Crippen LogP contribution in [0.5, 0.6) is 0 Å². The molecular formula is C16H22O3. The molecule has 1 aliphatic heterocycles. The summed E-state index contributed by atoms with van der Waals surface area (Å²) >= 11 is 0. The van der Waals surface area contributed by atoms with E-state index in [4.69, 9.17) is 4.74 Å². The van der Waals surface area contributed by atoms with Gasteiger partial charge in [0.05, 0.1) is 5.41 Å². The van der Waals surface area contributed by atoms with Crippen LogP contribution in [-0.2, 0) is 9.53 Å². The fraction of sp³-hybridized carbons (Fsp3) is 0.562. The molecule has 3 heteroatoms. The summed E-state index contributed by atoms with van der Waals surface area (Å²) in [6, 6.07) is 10.0. The number of carboxylic acid groups (broad SMARTS) is 1. The normalized spacial score (nSPS) is 20.2. The Morgan fingerprint density at radius 1 is 1.21 bits per heavy atom. The number of rotatable bonds is 4. The molecule has 0 amide bonds. The van der Waals surface area contributed by atoms with Gasteiger partial charge in [-0.2, -0.15) is 0 Å². The molecule has 1 saturated heterocycles. The van der Waals surface area contributed by atoms with Gasteiger partial charge in [-0.15, -0.1) is 0 Å². The molecule has 1 fully saturated rings. The Morgan fingerprint density at radius 2 is 1.79 bits per heavy atom. The van der Waals surface area contributed by atoms with Gasteiger partial charge in [0.15, 0.2) is 0 Å². The summed E-state index contributed by atoms with van der Waals surface area (Å²) in [7, 11) is 0. The Kier molecular flexibility index (Phi) is 4.25. The Labute approximate surface area is 114 Å². The Morgan fingerprint density at radius 3 is 2.26 bits per heavy atom. The summed E-state index contributed by atoms with van der Waals surface area (Å²) in [6.45, 7) is 5.31. The van der Waals surface area contributed by atoms with Crippen molar-refractivity contribution in [3.63, 3.8) is 0 Å². The number of ether oxygens (including phenoxy) is 1. The first-order valence-electron chi connectivity index (χ1n) is 6.94. The summed E-state index contributed by atoms with van der Waals surface area (Å²) in [6.07, 6.45) is 1.19. The predicted molar refractivity (Wildman–Crippen MR) is 74.1 cm³/mol. The fourth-order valence-electron chi connectivity index (χ4n) is 3.40. The quantitative estimate of drug-likeness (QED) is 0.905. The number of carboxylic acids is 1. The van der Waals surface area contributed by atoms with Crippen LogP contribution >= 0.6 is 0 Å². The van der Waals surface area contributed by atoms with Crippen LogP contribution in [-0.4, -0.2) is 24.3 Å². The third kappa shape index (κ3) is 2.66. The number of aliphatic carboxylic acids is 1. The average molecular weight is 262 g/mol. The van der Waals surface area contributed by atoms with Gasteiger partial charge in [-0.05, 0) is 24.3 Å². The zero-order chi connectivity index (χ0) is 13.9. The third-order valence-corrected chi connectivity index (χ3v) is 4.23. The zero-order valence-electron chi connectivity index (χ0n) is 11.6. The zero-order valence-corrected chi connectivity index (χ0v) is 11.6. The largest absolute Gasteiger partial charge is 0.481 e. The topological polar surface area (TPSA) is 46.5 Å². The molecule has 19 heavy (non-hydrogen) atoms. The van der Waals surface area contributed by atoms with Crippen molar-refractivity contribution < 1.29 is 14.6 Å². The molecule has 1 aromatic rings. The van der Waals surface area contributed by atoms with Crippen LogP contribution < -0.4 is 0 Å². The van der Waals surface area contributed by atoms with E-state index in [-0.39, 0.29) is 11.8 Å². The van der Waals surface area contributed by atoms with Crippen molar-refractivity contribution in [1.29, 1.82) is 0 Å². The van der Waals surface area contributed by atoms with E-state index in [1.165, 1.54) is 0 Å². The highest BCUT2D eigenvalue weighted by Crippen LogP contribution is 2.48. The first kappa shape index (κ1) is 14.1. The summed E-state index contributed by atoms with van der Waals surface area (Å²) in [5.74, 6) is -0.356. The number of hydrogen-bond acceptors (Lipinski definition) is 2. The number of hydrogen-bond donors (Lipinski definition) is 1. The molecular weight excluding hydrogens is 240 g/mol. The van der Waals surface area contributed by atoms with Crippen LogP contribution in [0.2, 0.25) is 0 Å². The molecule has 3 nitrogen and oxygen atoms in total. The lowest BCUT2D eigenvalue weighted by Gasteiger charge is -2.42. The molecule has 1 aliphatic rings. The van der Waals surface area contributed by atoms with Crippen molar-refractivity contribution in [2.45, 2.75) is 32.6 Å². The van der Waals surface area contributed by atoms with Gasteiger partial charge in [0.1, 0.15) is 0 Å². The Balaban J connectivity index is 2.43. The van der Waals surface area contributed by atoms with Crippen LogP contribution in [0.3, 0.4) is 0 Å². The van der Waals surface area contributed by atoms with Gasteiger partial charge in [-0.3, -0.25) is 4.79 Å². The highest BCUT2D eigenvalue weighted by atomic mass is 16.5. The molecule has 1 aromatic carbocycles. The first-order valence-corrected chi connectivity index (χ1v) is 6.94. The fourth-order valence-corrected chi connectivity index (χ4v) is 3.40. The molecule has 1 atom stereocenters. The maximum Gasteiger partial charge on any atom is 0.310 e. The average Bonchev–Trinajstić information content (AvgIpc) is 2.40. The van der Waals surface area contributed by atoms with Gasteiger partial charge in [-0.1, -0.05) is 44.2 Å². The van der Waals surface area contributed by atoms with E-state index in [1.807, 2.05) is 30.3 Å². The van der Waals surface area contributed by atoms with Crippen molar-refractivity contribution in [1.82, 2.24) is 0 Å². The van der Waals surface area contributed by atoms with Gasteiger partial charge in [0.2, 0.25) is 0 Å². The van der Waals surface area contributed by atoms with Gasteiger partial charge in [-0.25, -0.2) is 0 Å². The minimum absolute atomic E-state index is 0.0371. The van der Waals surface area contributed by atoms with Crippen molar-refractivity contribution in [3.05, 3.63) is 35.9 Å². The molecule has 0 aliphatic carbocycles. The standard InChI is InChI=1S/C16H22O3/c1-12(2)14(13-6-4-3-5-7-13)16(15(17)18)8-10-19-11-9-16/h3-7,12,14H,8-11H2,1-2H3,(H,17,18). The number of carbonyl (C=O) groups is 1. The minimum atomic E-state index is -0.687. The third-order valence-electron chi connectivity index (χ3n) is 4.23. The van der Waals surface area contributed by atoms with Gasteiger partial charge in [0.25, 0.3) is 0 Å². The lowest BCUT2D eigenvalue weighted by Crippen LogP contribution is -2.44. The van der Waals surface area contributed by atoms with Crippen LogP contribution in [0.15, 0.2) is 30.3 Å². The van der Waals surface area contributed by atoms with E-state index in [2.05, 4.69) is 13.8 Å². The molecule has 1 heterocycles. The molecule has 0 aromatic heterocycles. The molecule has 0 radical (unpaired) electrons. The second kappa shape index (κ2) is 5.74. The molecule has 1 unspecified atom stereocenters. The smallest absolute Gasteiger partial charge is 0.310 e. The first-order chi connectivity index (χ1) is 9.08. The van der Waals surface area contributed by atoms with Crippen LogP contribution in [0.4, 0.5) is 0 Å².